The van der Waals surface area contributed by atoms with Crippen LogP contribution in [0.5, 0.6) is 0 Å². The van der Waals surface area contributed by atoms with Gasteiger partial charge in [0.2, 0.25) is 0 Å². The third kappa shape index (κ3) is 4.05. The van der Waals surface area contributed by atoms with E-state index < -0.39 is 11.7 Å². The second kappa shape index (κ2) is 8.10. The second-order valence-electron chi connectivity index (χ2n) is 7.57. The summed E-state index contributed by atoms with van der Waals surface area (Å²) in [7, 11) is 0. The minimum Gasteiger partial charge on any atom is -0.360 e. The smallest absolute Gasteiger partial charge is 0.360 e. The molecule has 3 aromatic rings. The highest BCUT2D eigenvalue weighted by Gasteiger charge is 2.31. The number of Topliss-reactive ketones (excluding diaryl/α,β-unsaturated/α-hetero) is 1. The molecule has 3 heterocycles. The number of rotatable bonds is 4. The van der Waals surface area contributed by atoms with E-state index in [0.29, 0.717) is 31.0 Å². The van der Waals surface area contributed by atoms with Gasteiger partial charge in [-0.25, -0.2) is 4.98 Å². The molecule has 0 saturated carbocycles. The van der Waals surface area contributed by atoms with E-state index in [9.17, 15) is 18.0 Å². The molecule has 1 atom stereocenters. The highest BCUT2D eigenvalue weighted by Crippen LogP contribution is 2.29. The Labute approximate surface area is 172 Å². The summed E-state index contributed by atoms with van der Waals surface area (Å²) in [5.74, 6) is 0.592. The van der Waals surface area contributed by atoms with Crippen LogP contribution >= 0.6 is 0 Å². The number of H-pyrrole nitrogens is 1. The number of carbonyl (C=O) groups excluding carboxylic acids is 1. The van der Waals surface area contributed by atoms with Gasteiger partial charge in [0.05, 0.1) is 11.6 Å². The molecule has 1 saturated heterocycles. The largest absolute Gasteiger partial charge is 0.417 e. The molecule has 0 unspecified atom stereocenters. The van der Waals surface area contributed by atoms with E-state index >= 15 is 0 Å². The van der Waals surface area contributed by atoms with Gasteiger partial charge in [-0.2, -0.15) is 13.2 Å². The zero-order valence-electron chi connectivity index (χ0n) is 16.6. The first-order valence-electron chi connectivity index (χ1n) is 9.97. The molecule has 1 aliphatic heterocycles. The molecular formula is C22H23F3N4O. The first-order chi connectivity index (χ1) is 14.3. The number of hydrogen-bond donors (Lipinski definition) is 1. The fraction of sp³-hybridized carbons (Fsp3) is 0.364. The third-order valence-corrected chi connectivity index (χ3v) is 5.71. The molecule has 30 heavy (non-hydrogen) atoms. The van der Waals surface area contributed by atoms with Gasteiger partial charge < -0.3 is 9.88 Å². The molecule has 2 aromatic heterocycles. The Morgan fingerprint density at radius 1 is 1.10 bits per heavy atom. The zero-order chi connectivity index (χ0) is 21.3. The lowest BCUT2D eigenvalue weighted by Crippen LogP contribution is -2.41. The van der Waals surface area contributed by atoms with Gasteiger partial charge in [0, 0.05) is 55.0 Å². The van der Waals surface area contributed by atoms with Gasteiger partial charge in [-0.05, 0) is 31.5 Å². The summed E-state index contributed by atoms with van der Waals surface area (Å²) < 4.78 is 38.3. The number of alkyl halides is 3. The van der Waals surface area contributed by atoms with Crippen molar-refractivity contribution >= 4 is 22.5 Å². The number of pyridine rings is 1. The van der Waals surface area contributed by atoms with E-state index in [2.05, 4.69) is 14.9 Å². The molecule has 1 N–H and O–H groups in total. The molecule has 8 heteroatoms. The van der Waals surface area contributed by atoms with Crippen LogP contribution in [0.2, 0.25) is 0 Å². The maximum atomic E-state index is 13.1. The number of halogens is 3. The number of nitrogens with zero attached hydrogens (tertiary/aromatic N) is 3. The summed E-state index contributed by atoms with van der Waals surface area (Å²) in [5, 5.41) is 0.916. The summed E-state index contributed by atoms with van der Waals surface area (Å²) in [4.78, 5) is 24.4. The highest BCUT2D eigenvalue weighted by atomic mass is 19.4. The van der Waals surface area contributed by atoms with Gasteiger partial charge in [-0.15, -0.1) is 0 Å². The normalized spacial score (nSPS) is 17.1. The monoisotopic (exact) mass is 416 g/mol. The predicted octanol–water partition coefficient (Wildman–Crippen LogP) is 4.37. The van der Waals surface area contributed by atoms with Crippen molar-refractivity contribution in [1.29, 1.82) is 0 Å². The first kappa shape index (κ1) is 20.4. The van der Waals surface area contributed by atoms with E-state index in [1.165, 1.54) is 6.07 Å². The number of nitrogens with one attached hydrogen (secondary N) is 1. The fourth-order valence-electron chi connectivity index (χ4n) is 3.96. The quantitative estimate of drug-likeness (QED) is 0.642. The van der Waals surface area contributed by atoms with Crippen molar-refractivity contribution in [2.45, 2.75) is 25.6 Å². The lowest BCUT2D eigenvalue weighted by atomic mass is 10.0. The lowest BCUT2D eigenvalue weighted by molar-refractivity contribution is -0.137. The summed E-state index contributed by atoms with van der Waals surface area (Å²) in [6.45, 7) is 4.58. The second-order valence-corrected chi connectivity index (χ2v) is 7.57. The Balaban J connectivity index is 1.44. The Morgan fingerprint density at radius 3 is 2.63 bits per heavy atom. The molecular weight excluding hydrogens is 393 g/mol. The van der Waals surface area contributed by atoms with Gasteiger partial charge in [-0.1, -0.05) is 18.2 Å². The standard InChI is InChI=1S/C22H23F3N4O/c1-15(21(30)18-14-26-19-6-3-2-5-17(18)19)28-9-4-10-29(12-11-28)20-8-7-16(13-27-20)22(23,24)25/h2-3,5-8,13-15,26H,4,9-12H2,1H3/t15-/m0/s1. The van der Waals surface area contributed by atoms with Gasteiger partial charge in [0.1, 0.15) is 5.82 Å². The third-order valence-electron chi connectivity index (χ3n) is 5.71. The van der Waals surface area contributed by atoms with Crippen molar-refractivity contribution in [3.05, 3.63) is 59.9 Å². The van der Waals surface area contributed by atoms with Crippen molar-refractivity contribution in [2.75, 3.05) is 31.1 Å². The van der Waals surface area contributed by atoms with Crippen molar-refractivity contribution in [3.8, 4) is 0 Å². The Hall–Kier alpha value is -2.87. The number of aromatic nitrogens is 2. The molecule has 1 aliphatic rings. The molecule has 1 aromatic carbocycles. The van der Waals surface area contributed by atoms with Crippen LogP contribution in [-0.2, 0) is 6.18 Å². The number of para-hydroxylation sites is 1. The van der Waals surface area contributed by atoms with E-state index in [1.54, 1.807) is 6.20 Å². The van der Waals surface area contributed by atoms with Crippen molar-refractivity contribution < 1.29 is 18.0 Å². The topological polar surface area (TPSA) is 52.2 Å². The Morgan fingerprint density at radius 2 is 1.90 bits per heavy atom. The van der Waals surface area contributed by atoms with Crippen LogP contribution in [0.1, 0.15) is 29.3 Å². The van der Waals surface area contributed by atoms with Crippen LogP contribution in [0.4, 0.5) is 19.0 Å². The van der Waals surface area contributed by atoms with Crippen molar-refractivity contribution in [2.24, 2.45) is 0 Å². The van der Waals surface area contributed by atoms with E-state index in [4.69, 9.17) is 0 Å². The summed E-state index contributed by atoms with van der Waals surface area (Å²) in [5.41, 5.74) is 0.868. The fourth-order valence-corrected chi connectivity index (χ4v) is 3.96. The maximum absolute atomic E-state index is 13.1. The van der Waals surface area contributed by atoms with Crippen LogP contribution in [0.15, 0.2) is 48.8 Å². The van der Waals surface area contributed by atoms with E-state index in [0.717, 1.165) is 36.1 Å². The molecule has 158 valence electrons. The van der Waals surface area contributed by atoms with Crippen LogP contribution in [-0.4, -0.2) is 52.9 Å². The van der Waals surface area contributed by atoms with Crippen LogP contribution in [0.25, 0.3) is 10.9 Å². The van der Waals surface area contributed by atoms with Gasteiger partial charge >= 0.3 is 6.18 Å². The number of anilines is 1. The van der Waals surface area contributed by atoms with E-state index in [1.807, 2.05) is 36.1 Å². The molecule has 0 aliphatic carbocycles. The Bertz CT molecular complexity index is 1030. The predicted molar refractivity (Wildman–Crippen MR) is 110 cm³/mol. The van der Waals surface area contributed by atoms with Gasteiger partial charge in [-0.3, -0.25) is 9.69 Å². The number of aromatic amines is 1. The highest BCUT2D eigenvalue weighted by molar-refractivity contribution is 6.10. The summed E-state index contributed by atoms with van der Waals surface area (Å²) in [6, 6.07) is 9.91. The van der Waals surface area contributed by atoms with Crippen molar-refractivity contribution in [3.63, 3.8) is 0 Å². The molecule has 0 bridgehead atoms. The van der Waals surface area contributed by atoms with Crippen LogP contribution < -0.4 is 4.90 Å². The number of hydrogen-bond acceptors (Lipinski definition) is 4. The summed E-state index contributed by atoms with van der Waals surface area (Å²) in [6.07, 6.45) is -0.950. The molecule has 0 radical (unpaired) electrons. The average molecular weight is 416 g/mol. The van der Waals surface area contributed by atoms with Crippen LogP contribution in [0, 0.1) is 0 Å². The molecule has 5 nitrogen and oxygen atoms in total. The minimum absolute atomic E-state index is 0.0635. The zero-order valence-corrected chi connectivity index (χ0v) is 16.6. The molecule has 0 spiro atoms. The summed E-state index contributed by atoms with van der Waals surface area (Å²) >= 11 is 0. The first-order valence-corrected chi connectivity index (χ1v) is 9.97. The maximum Gasteiger partial charge on any atom is 0.417 e. The number of benzene rings is 1. The SMILES string of the molecule is C[C@@H](C(=O)c1c[nH]c2ccccc12)N1CCCN(c2ccc(C(F)(F)F)cn2)CC1. The minimum atomic E-state index is -4.39. The Kier molecular flexibility index (Phi) is 5.51. The number of fused-ring (bicyclic) bond motifs is 1. The van der Waals surface area contributed by atoms with Crippen molar-refractivity contribution in [1.82, 2.24) is 14.9 Å². The molecule has 0 amide bonds. The number of carbonyl (C=O) groups is 1. The lowest BCUT2D eigenvalue weighted by Gasteiger charge is -2.27. The average Bonchev–Trinajstić information content (AvgIpc) is 3.01. The molecule has 1 fully saturated rings. The van der Waals surface area contributed by atoms with E-state index in [-0.39, 0.29) is 11.8 Å². The van der Waals surface area contributed by atoms with Crippen LogP contribution in [0.3, 0.4) is 0 Å². The van der Waals surface area contributed by atoms with Gasteiger partial charge in [0.25, 0.3) is 0 Å². The molecule has 4 rings (SSSR count). The number of ketones is 1. The van der Waals surface area contributed by atoms with Gasteiger partial charge in [0.15, 0.2) is 5.78 Å².